The van der Waals surface area contributed by atoms with E-state index >= 15 is 0 Å². The molecule has 4 aromatic carbocycles. The highest BCUT2D eigenvalue weighted by atomic mass is 35.5. The fourth-order valence-electron chi connectivity index (χ4n) is 12.6. The van der Waals surface area contributed by atoms with Crippen molar-refractivity contribution in [2.45, 2.75) is 50.4 Å². The molecule has 10 heterocycles. The van der Waals surface area contributed by atoms with Crippen LogP contribution in [0.1, 0.15) is 47.9 Å². The number of pyridine rings is 4. The van der Waals surface area contributed by atoms with E-state index in [9.17, 15) is 25.6 Å². The molecule has 4 aromatic heterocycles. The summed E-state index contributed by atoms with van der Waals surface area (Å²) < 4.78 is 87.2. The van der Waals surface area contributed by atoms with Crippen molar-refractivity contribution in [2.24, 2.45) is 0 Å². The predicted molar refractivity (Wildman–Crippen MR) is 318 cm³/mol. The van der Waals surface area contributed by atoms with Crippen molar-refractivity contribution < 1.29 is 35.1 Å². The molecule has 6 aliphatic rings. The zero-order chi connectivity index (χ0) is 56.1. The van der Waals surface area contributed by atoms with Crippen molar-refractivity contribution in [3.05, 3.63) is 160 Å². The number of fused-ring (bicyclic) bond motifs is 6. The summed E-state index contributed by atoms with van der Waals surface area (Å²) in [6.07, 6.45) is 6.08. The van der Waals surface area contributed by atoms with E-state index in [4.69, 9.17) is 26.1 Å². The number of ether oxygens (including phenoxy) is 2. The molecule has 420 valence electrons. The lowest BCUT2D eigenvalue weighted by Gasteiger charge is -2.35. The molecule has 6 aliphatic heterocycles. The van der Waals surface area contributed by atoms with Crippen LogP contribution in [0.15, 0.2) is 122 Å². The first-order valence-corrected chi connectivity index (χ1v) is 31.7. The zero-order valence-corrected chi connectivity index (χ0v) is 47.7. The second-order valence-corrected chi connectivity index (χ2v) is 27.0. The molecule has 0 saturated carbocycles. The van der Waals surface area contributed by atoms with Gasteiger partial charge in [-0.3, -0.25) is 9.97 Å². The lowest BCUT2D eigenvalue weighted by atomic mass is 9.77. The van der Waals surface area contributed by atoms with Crippen molar-refractivity contribution in [2.75, 3.05) is 109 Å². The highest BCUT2D eigenvalue weighted by Gasteiger charge is 2.48. The minimum atomic E-state index is -3.05. The predicted octanol–water partition coefficient (Wildman–Crippen LogP) is 11.0. The Balaban J connectivity index is 0.000000133. The Labute approximate surface area is 476 Å². The number of nitrogens with one attached hydrogen (secondary N) is 1. The molecule has 14 nitrogen and oxygen atoms in total. The van der Waals surface area contributed by atoms with Crippen LogP contribution in [-0.4, -0.2) is 125 Å². The molecule has 0 radical (unpaired) electrons. The molecule has 19 heteroatoms. The highest BCUT2D eigenvalue weighted by Crippen LogP contribution is 2.54. The lowest BCUT2D eigenvalue weighted by Crippen LogP contribution is -2.40. The summed E-state index contributed by atoms with van der Waals surface area (Å²) in [5, 5.41) is 5.72. The number of hydrogen-bond acceptors (Lipinski definition) is 14. The summed E-state index contributed by atoms with van der Waals surface area (Å²) >= 11 is 6.34. The van der Waals surface area contributed by atoms with Crippen LogP contribution in [-0.2, 0) is 40.0 Å². The number of aromatic nitrogens is 4. The monoisotopic (exact) mass is 1150 g/mol. The van der Waals surface area contributed by atoms with Gasteiger partial charge in [-0.2, -0.15) is 0 Å². The van der Waals surface area contributed by atoms with E-state index in [0.29, 0.717) is 71.5 Å². The van der Waals surface area contributed by atoms with Crippen LogP contribution < -0.4 is 20.0 Å². The summed E-state index contributed by atoms with van der Waals surface area (Å²) in [4.78, 5) is 25.2. The third kappa shape index (κ3) is 10.9. The molecule has 4 saturated heterocycles. The maximum absolute atomic E-state index is 14.5. The number of halogens is 3. The average molecular weight is 1150 g/mol. The quantitative estimate of drug-likeness (QED) is 0.173. The normalized spacial score (nSPS) is 19.3. The lowest BCUT2D eigenvalue weighted by molar-refractivity contribution is 0.122. The number of benzene rings is 4. The number of anilines is 5. The largest absolute Gasteiger partial charge is 0.384 e. The molecular formula is C62H63ClF2N8O6S2. The third-order valence-corrected chi connectivity index (χ3v) is 21.0. The number of sulfone groups is 2. The molecule has 14 rings (SSSR count). The van der Waals surface area contributed by atoms with Gasteiger partial charge in [0.25, 0.3) is 0 Å². The second kappa shape index (κ2) is 22.2. The topological polar surface area (TPSA) is 160 Å². The van der Waals surface area contributed by atoms with Crippen molar-refractivity contribution in [1.29, 1.82) is 0 Å². The number of morpholine rings is 2. The number of rotatable bonds is 5. The fourth-order valence-corrected chi connectivity index (χ4v) is 16.1. The van der Waals surface area contributed by atoms with Crippen LogP contribution in [0.5, 0.6) is 0 Å². The molecular weight excluding hydrogens is 1090 g/mol. The summed E-state index contributed by atoms with van der Waals surface area (Å²) in [5.74, 6) is 0.343. The first kappa shape index (κ1) is 54.7. The van der Waals surface area contributed by atoms with Gasteiger partial charge in [0.05, 0.1) is 94.0 Å². The van der Waals surface area contributed by atoms with Crippen molar-refractivity contribution in [1.82, 2.24) is 19.9 Å². The van der Waals surface area contributed by atoms with Crippen LogP contribution in [0, 0.1) is 25.5 Å². The minimum absolute atomic E-state index is 0.0180. The minimum Gasteiger partial charge on any atom is -0.384 e. The van der Waals surface area contributed by atoms with Gasteiger partial charge in [-0.15, -0.1) is 0 Å². The molecule has 8 aromatic rings. The van der Waals surface area contributed by atoms with E-state index in [-0.39, 0.29) is 34.0 Å². The van der Waals surface area contributed by atoms with Crippen molar-refractivity contribution in [3.63, 3.8) is 0 Å². The molecule has 1 N–H and O–H groups in total. The maximum atomic E-state index is 14.5. The fraction of sp³-hybridized carbons (Fsp3) is 0.355. The van der Waals surface area contributed by atoms with Gasteiger partial charge in [-0.05, 0) is 129 Å². The first-order chi connectivity index (χ1) is 39.1. The zero-order valence-electron chi connectivity index (χ0n) is 45.3. The molecule has 4 fully saturated rings. The Morgan fingerprint density at radius 2 is 1.09 bits per heavy atom. The molecule has 0 atom stereocenters. The molecule has 2 spiro atoms. The Hall–Kier alpha value is -6.83. The van der Waals surface area contributed by atoms with Crippen LogP contribution in [0.3, 0.4) is 0 Å². The van der Waals surface area contributed by atoms with Gasteiger partial charge < -0.3 is 29.5 Å². The Kier molecular flexibility index (Phi) is 15.0. The van der Waals surface area contributed by atoms with E-state index in [1.54, 1.807) is 18.5 Å². The van der Waals surface area contributed by atoms with E-state index in [0.717, 1.165) is 109 Å². The summed E-state index contributed by atoms with van der Waals surface area (Å²) in [6.45, 7) is 11.9. The maximum Gasteiger partial charge on any atom is 0.150 e. The van der Waals surface area contributed by atoms with Gasteiger partial charge in [-0.25, -0.2) is 35.6 Å². The van der Waals surface area contributed by atoms with Gasteiger partial charge in [0, 0.05) is 114 Å². The van der Waals surface area contributed by atoms with E-state index in [1.807, 2.05) is 49.4 Å². The van der Waals surface area contributed by atoms with Gasteiger partial charge in [-0.1, -0.05) is 35.9 Å². The summed E-state index contributed by atoms with van der Waals surface area (Å²) in [5.41, 5.74) is 13.6. The van der Waals surface area contributed by atoms with E-state index in [2.05, 4.69) is 78.3 Å². The van der Waals surface area contributed by atoms with Crippen LogP contribution in [0.25, 0.3) is 44.6 Å². The van der Waals surface area contributed by atoms with Crippen molar-refractivity contribution >= 4 is 81.5 Å². The summed E-state index contributed by atoms with van der Waals surface area (Å²) in [7, 11) is -5.87. The van der Waals surface area contributed by atoms with Crippen LogP contribution >= 0.6 is 11.6 Å². The van der Waals surface area contributed by atoms with Crippen molar-refractivity contribution in [3.8, 4) is 22.8 Å². The number of nitrogens with zero attached hydrogens (tertiary/aromatic N) is 7. The molecule has 0 amide bonds. The average Bonchev–Trinajstić information content (AvgIpc) is 4.05. The number of hydrogen-bond donors (Lipinski definition) is 1. The Bertz CT molecular complexity index is 3900. The van der Waals surface area contributed by atoms with Crippen LogP contribution in [0.4, 0.5) is 37.2 Å². The van der Waals surface area contributed by atoms with Gasteiger partial charge >= 0.3 is 0 Å². The summed E-state index contributed by atoms with van der Waals surface area (Å²) in [6, 6.07) is 33.7. The molecule has 81 heavy (non-hydrogen) atoms. The highest BCUT2D eigenvalue weighted by molar-refractivity contribution is 7.91. The van der Waals surface area contributed by atoms with E-state index in [1.165, 1.54) is 46.8 Å². The molecule has 0 aliphatic carbocycles. The Morgan fingerprint density at radius 1 is 0.580 bits per heavy atom. The standard InChI is InChI=1S/C31H31FN4O3S.C16H22N2O3S.C15H10ClFN2/c1-21-29(26-4-2-3-11-33-26)34-27-18-22(32)5-7-24(27)30(21)36-20-31(9-16-40(37,38)17-10-31)25-8-6-23(19-28(25)36)35-12-14-39-15-13-35;19-22(20)9-3-16(4-10-22)12-17-15-11-13(1-2-14(15)16)18-5-7-21-8-6-18;1-9-14(16)11-6-5-10(17)8-13(11)19-15(9)12-4-2-3-7-18-12/h2-8,11,18-19H,9-10,12-17,20H2,1H3;1-2,11,17H,3-10,12H2;2-8H,1H3. The van der Waals surface area contributed by atoms with Gasteiger partial charge in [0.15, 0.2) is 0 Å². The smallest absolute Gasteiger partial charge is 0.150 e. The SMILES string of the molecule is Cc1c(-c2ccccn2)nc2cc(F)ccc2c1Cl.Cc1c(-c2ccccn2)nc2cc(F)ccc2c1N1CC2(CCS(=O)(=O)CC2)c2ccc(N3CCOCC3)cc21.O=S1(=O)CCC2(CC1)CNc1cc(N3CCOCC3)ccc12. The molecule has 0 unspecified atom stereocenters. The van der Waals surface area contributed by atoms with Crippen LogP contribution in [0.2, 0.25) is 5.02 Å². The van der Waals surface area contributed by atoms with E-state index < -0.39 is 19.7 Å². The Morgan fingerprint density at radius 3 is 1.64 bits per heavy atom. The second-order valence-electron chi connectivity index (χ2n) is 22.0. The van der Waals surface area contributed by atoms with Gasteiger partial charge in [0.2, 0.25) is 0 Å². The third-order valence-electron chi connectivity index (χ3n) is 17.2. The first-order valence-electron chi connectivity index (χ1n) is 27.6. The van der Waals surface area contributed by atoms with Gasteiger partial charge in [0.1, 0.15) is 31.3 Å². The molecule has 0 bridgehead atoms.